The number of allylic oxidation sites excluding steroid dienone is 2. The predicted octanol–water partition coefficient (Wildman–Crippen LogP) is 4.46. The summed E-state index contributed by atoms with van der Waals surface area (Å²) in [7, 11) is 0. The van der Waals surface area contributed by atoms with E-state index in [0.29, 0.717) is 0 Å². The first-order valence-electron chi connectivity index (χ1n) is 10.1. The highest BCUT2D eigenvalue weighted by molar-refractivity contribution is 4.81. The van der Waals surface area contributed by atoms with E-state index >= 15 is 0 Å². The SMILES string of the molecule is CCCCCCC/C=C/CCCCCCCN(CCN)CCN. The van der Waals surface area contributed by atoms with E-state index in [1.807, 2.05) is 0 Å². The molecular weight excluding hydrogens is 282 g/mol. The van der Waals surface area contributed by atoms with Crippen LogP contribution in [0, 0.1) is 0 Å². The van der Waals surface area contributed by atoms with Gasteiger partial charge in [-0.05, 0) is 38.6 Å². The second-order valence-corrected chi connectivity index (χ2v) is 6.65. The lowest BCUT2D eigenvalue weighted by molar-refractivity contribution is 0.281. The highest BCUT2D eigenvalue weighted by Crippen LogP contribution is 2.08. The molecule has 0 aliphatic heterocycles. The maximum atomic E-state index is 5.62. The molecule has 0 fully saturated rings. The van der Waals surface area contributed by atoms with Crippen LogP contribution in [0.3, 0.4) is 0 Å². The first kappa shape index (κ1) is 22.6. The van der Waals surface area contributed by atoms with Crippen LogP contribution >= 0.6 is 0 Å². The Labute approximate surface area is 145 Å². The Kier molecular flexibility index (Phi) is 19.3. The Hall–Kier alpha value is -0.380. The van der Waals surface area contributed by atoms with Gasteiger partial charge in [0, 0.05) is 26.2 Å². The number of unbranched alkanes of at least 4 members (excludes halogenated alkanes) is 10. The van der Waals surface area contributed by atoms with Crippen LogP contribution in [0.5, 0.6) is 0 Å². The van der Waals surface area contributed by atoms with E-state index in [1.165, 1.54) is 77.0 Å². The van der Waals surface area contributed by atoms with Gasteiger partial charge in [0.15, 0.2) is 0 Å². The number of nitrogens with two attached hydrogens (primary N) is 2. The van der Waals surface area contributed by atoms with Crippen molar-refractivity contribution in [2.75, 3.05) is 32.7 Å². The molecule has 0 saturated carbocycles. The Bertz CT molecular complexity index is 235. The van der Waals surface area contributed by atoms with Gasteiger partial charge in [0.25, 0.3) is 0 Å². The summed E-state index contributed by atoms with van der Waals surface area (Å²) in [6, 6.07) is 0. The van der Waals surface area contributed by atoms with Crippen molar-refractivity contribution in [2.24, 2.45) is 11.5 Å². The van der Waals surface area contributed by atoms with Crippen molar-refractivity contribution in [1.29, 1.82) is 0 Å². The maximum absolute atomic E-state index is 5.62. The molecule has 0 bridgehead atoms. The van der Waals surface area contributed by atoms with Gasteiger partial charge in [-0.25, -0.2) is 0 Å². The number of nitrogens with zero attached hydrogens (tertiary/aromatic N) is 1. The number of hydrogen-bond donors (Lipinski definition) is 2. The number of rotatable bonds is 18. The molecule has 0 rings (SSSR count). The van der Waals surface area contributed by atoms with E-state index in [-0.39, 0.29) is 0 Å². The first-order valence-corrected chi connectivity index (χ1v) is 10.1. The van der Waals surface area contributed by atoms with Crippen molar-refractivity contribution in [3.63, 3.8) is 0 Å². The second kappa shape index (κ2) is 19.7. The average molecular weight is 326 g/mol. The zero-order valence-corrected chi connectivity index (χ0v) is 15.8. The molecule has 0 aliphatic carbocycles. The molecule has 0 saturated heterocycles. The zero-order valence-electron chi connectivity index (χ0n) is 15.8. The molecule has 0 spiro atoms. The average Bonchev–Trinajstić information content (AvgIpc) is 2.55. The number of hydrogen-bond acceptors (Lipinski definition) is 3. The molecule has 23 heavy (non-hydrogen) atoms. The fraction of sp³-hybridized carbons (Fsp3) is 0.900. The summed E-state index contributed by atoms with van der Waals surface area (Å²) >= 11 is 0. The summed E-state index contributed by atoms with van der Waals surface area (Å²) in [5.41, 5.74) is 11.2. The van der Waals surface area contributed by atoms with Crippen LogP contribution in [0.1, 0.15) is 84.0 Å². The third-order valence-corrected chi connectivity index (χ3v) is 4.38. The lowest BCUT2D eigenvalue weighted by Gasteiger charge is -2.20. The third kappa shape index (κ3) is 17.8. The summed E-state index contributed by atoms with van der Waals surface area (Å²) < 4.78 is 0. The van der Waals surface area contributed by atoms with E-state index in [1.54, 1.807) is 0 Å². The van der Waals surface area contributed by atoms with Crippen molar-refractivity contribution in [1.82, 2.24) is 4.90 Å². The summed E-state index contributed by atoms with van der Waals surface area (Å²) in [6.45, 7) is 6.89. The van der Waals surface area contributed by atoms with Gasteiger partial charge in [-0.2, -0.15) is 0 Å². The molecule has 0 unspecified atom stereocenters. The molecule has 4 N–H and O–H groups in total. The highest BCUT2D eigenvalue weighted by Gasteiger charge is 2.01. The summed E-state index contributed by atoms with van der Waals surface area (Å²) in [5, 5.41) is 0. The van der Waals surface area contributed by atoms with Gasteiger partial charge in [-0.15, -0.1) is 0 Å². The van der Waals surface area contributed by atoms with Gasteiger partial charge in [-0.3, -0.25) is 0 Å². The Morgan fingerprint density at radius 1 is 0.609 bits per heavy atom. The molecule has 0 atom stereocenters. The van der Waals surface area contributed by atoms with Crippen molar-refractivity contribution >= 4 is 0 Å². The fourth-order valence-electron chi connectivity index (χ4n) is 2.93. The summed E-state index contributed by atoms with van der Waals surface area (Å²) in [4.78, 5) is 2.39. The standard InChI is InChI=1S/C20H43N3/c1-2-3-4-5-6-7-8-9-10-11-12-13-14-15-18-23(19-16-21)20-17-22/h8-9H,2-7,10-22H2,1H3/b9-8+. The van der Waals surface area contributed by atoms with E-state index in [2.05, 4.69) is 24.0 Å². The Morgan fingerprint density at radius 3 is 1.61 bits per heavy atom. The van der Waals surface area contributed by atoms with Gasteiger partial charge >= 0.3 is 0 Å². The maximum Gasteiger partial charge on any atom is 0.0105 e. The van der Waals surface area contributed by atoms with Gasteiger partial charge < -0.3 is 16.4 Å². The monoisotopic (exact) mass is 325 g/mol. The van der Waals surface area contributed by atoms with Crippen LogP contribution in [0.2, 0.25) is 0 Å². The summed E-state index contributed by atoms with van der Waals surface area (Å²) in [5.74, 6) is 0. The van der Waals surface area contributed by atoms with Gasteiger partial charge in [0.05, 0.1) is 0 Å². The minimum Gasteiger partial charge on any atom is -0.329 e. The van der Waals surface area contributed by atoms with Crippen LogP contribution in [-0.4, -0.2) is 37.6 Å². The minimum absolute atomic E-state index is 0.741. The fourth-order valence-corrected chi connectivity index (χ4v) is 2.93. The van der Waals surface area contributed by atoms with E-state index in [0.717, 1.165) is 32.7 Å². The quantitative estimate of drug-likeness (QED) is 0.289. The van der Waals surface area contributed by atoms with Gasteiger partial charge in [0.1, 0.15) is 0 Å². The Morgan fingerprint density at radius 2 is 1.09 bits per heavy atom. The largest absolute Gasteiger partial charge is 0.329 e. The van der Waals surface area contributed by atoms with Crippen LogP contribution < -0.4 is 11.5 Å². The molecule has 0 heterocycles. The van der Waals surface area contributed by atoms with Crippen LogP contribution in [0.25, 0.3) is 0 Å². The van der Waals surface area contributed by atoms with Crippen LogP contribution in [-0.2, 0) is 0 Å². The molecule has 0 aliphatic rings. The molecular formula is C20H43N3. The lowest BCUT2D eigenvalue weighted by Crippen LogP contribution is -2.34. The van der Waals surface area contributed by atoms with E-state index < -0.39 is 0 Å². The molecule has 0 aromatic rings. The predicted molar refractivity (Wildman–Crippen MR) is 105 cm³/mol. The molecule has 138 valence electrons. The smallest absolute Gasteiger partial charge is 0.0105 e. The first-order chi connectivity index (χ1) is 11.3. The molecule has 3 nitrogen and oxygen atoms in total. The van der Waals surface area contributed by atoms with Crippen molar-refractivity contribution in [3.8, 4) is 0 Å². The van der Waals surface area contributed by atoms with Gasteiger partial charge in [0.2, 0.25) is 0 Å². The zero-order chi connectivity index (χ0) is 17.0. The van der Waals surface area contributed by atoms with Crippen molar-refractivity contribution in [3.05, 3.63) is 12.2 Å². The van der Waals surface area contributed by atoms with Gasteiger partial charge in [-0.1, -0.05) is 64.0 Å². The Balaban J connectivity index is 3.26. The second-order valence-electron chi connectivity index (χ2n) is 6.65. The van der Waals surface area contributed by atoms with Crippen molar-refractivity contribution in [2.45, 2.75) is 84.0 Å². The molecule has 0 aromatic heterocycles. The highest BCUT2D eigenvalue weighted by atomic mass is 15.1. The summed E-state index contributed by atoms with van der Waals surface area (Å²) in [6.07, 6.45) is 21.0. The van der Waals surface area contributed by atoms with Crippen LogP contribution in [0.15, 0.2) is 12.2 Å². The van der Waals surface area contributed by atoms with E-state index in [4.69, 9.17) is 11.5 Å². The molecule has 0 amide bonds. The van der Waals surface area contributed by atoms with E-state index in [9.17, 15) is 0 Å². The van der Waals surface area contributed by atoms with Crippen LogP contribution in [0.4, 0.5) is 0 Å². The topological polar surface area (TPSA) is 55.3 Å². The molecule has 0 aromatic carbocycles. The molecule has 3 heteroatoms. The third-order valence-electron chi connectivity index (χ3n) is 4.38. The molecule has 0 radical (unpaired) electrons. The van der Waals surface area contributed by atoms with Crippen molar-refractivity contribution < 1.29 is 0 Å². The lowest BCUT2D eigenvalue weighted by atomic mass is 10.1. The normalized spacial score (nSPS) is 11.8. The minimum atomic E-state index is 0.741.